The molecule has 168 valence electrons. The summed E-state index contributed by atoms with van der Waals surface area (Å²) in [6.07, 6.45) is 11.8. The van der Waals surface area contributed by atoms with Crippen LogP contribution in [-0.2, 0) is 11.8 Å². The van der Waals surface area contributed by atoms with Gasteiger partial charge in [0, 0.05) is 63.3 Å². The van der Waals surface area contributed by atoms with Gasteiger partial charge in [0.15, 0.2) is 0 Å². The number of rotatable bonds is 6. The molecule has 32 heavy (non-hydrogen) atoms. The minimum absolute atomic E-state index is 0.00628. The van der Waals surface area contributed by atoms with E-state index in [1.807, 2.05) is 29.1 Å². The van der Waals surface area contributed by atoms with Crippen molar-refractivity contribution in [1.29, 1.82) is 0 Å². The highest BCUT2D eigenvalue weighted by molar-refractivity contribution is 5.87. The van der Waals surface area contributed by atoms with Crippen LogP contribution in [0.2, 0.25) is 0 Å². The summed E-state index contributed by atoms with van der Waals surface area (Å²) in [5.41, 5.74) is 1.73. The molecule has 10 nitrogen and oxygen atoms in total. The molecule has 2 aromatic heterocycles. The van der Waals surface area contributed by atoms with Crippen LogP contribution in [0.25, 0.3) is 6.08 Å². The maximum absolute atomic E-state index is 12.1. The van der Waals surface area contributed by atoms with Gasteiger partial charge in [0.1, 0.15) is 12.0 Å². The van der Waals surface area contributed by atoms with Gasteiger partial charge >= 0.3 is 0 Å². The first-order chi connectivity index (χ1) is 15.5. The summed E-state index contributed by atoms with van der Waals surface area (Å²) in [7, 11) is 1.85. The molecule has 1 aliphatic carbocycles. The van der Waals surface area contributed by atoms with E-state index >= 15 is 0 Å². The second kappa shape index (κ2) is 8.03. The third-order valence-corrected chi connectivity index (χ3v) is 6.52. The van der Waals surface area contributed by atoms with E-state index in [9.17, 15) is 9.90 Å². The predicted molar refractivity (Wildman–Crippen MR) is 121 cm³/mol. The quantitative estimate of drug-likeness (QED) is 0.646. The number of carbonyl (C=O) groups excluding carboxylic acids is 1. The summed E-state index contributed by atoms with van der Waals surface area (Å²) >= 11 is 0. The minimum Gasteiger partial charge on any atom is -0.370 e. The molecule has 2 N–H and O–H groups in total. The first kappa shape index (κ1) is 20.7. The van der Waals surface area contributed by atoms with Crippen molar-refractivity contribution >= 4 is 29.4 Å². The van der Waals surface area contributed by atoms with E-state index in [4.69, 9.17) is 0 Å². The molecule has 2 aliphatic heterocycles. The van der Waals surface area contributed by atoms with Crippen LogP contribution in [0.15, 0.2) is 37.3 Å². The Hall–Kier alpha value is -3.24. The Morgan fingerprint density at radius 2 is 2.19 bits per heavy atom. The molecule has 0 aromatic carbocycles. The smallest absolute Gasteiger partial charge is 0.246 e. The van der Waals surface area contributed by atoms with E-state index in [1.165, 1.54) is 6.08 Å². The van der Waals surface area contributed by atoms with Crippen LogP contribution in [-0.4, -0.2) is 85.1 Å². The van der Waals surface area contributed by atoms with Crippen LogP contribution in [0.1, 0.15) is 18.4 Å². The van der Waals surface area contributed by atoms with E-state index in [0.29, 0.717) is 24.9 Å². The summed E-state index contributed by atoms with van der Waals surface area (Å²) in [4.78, 5) is 27.4. The van der Waals surface area contributed by atoms with Crippen molar-refractivity contribution in [2.24, 2.45) is 7.05 Å². The van der Waals surface area contributed by atoms with Gasteiger partial charge in [0.2, 0.25) is 11.9 Å². The Balaban J connectivity index is 1.29. The number of hydrogen-bond acceptors (Lipinski definition) is 8. The Morgan fingerprint density at radius 3 is 2.91 bits per heavy atom. The lowest BCUT2D eigenvalue weighted by Crippen LogP contribution is -2.57. The Morgan fingerprint density at radius 1 is 1.34 bits per heavy atom. The summed E-state index contributed by atoms with van der Waals surface area (Å²) < 4.78 is 1.70. The maximum Gasteiger partial charge on any atom is 0.246 e. The molecule has 4 heterocycles. The van der Waals surface area contributed by atoms with E-state index in [0.717, 1.165) is 43.7 Å². The molecule has 0 radical (unpaired) electrons. The van der Waals surface area contributed by atoms with Gasteiger partial charge in [-0.2, -0.15) is 10.1 Å². The molecule has 1 amide bonds. The molecule has 1 saturated heterocycles. The van der Waals surface area contributed by atoms with E-state index < -0.39 is 6.23 Å². The zero-order valence-corrected chi connectivity index (χ0v) is 18.2. The van der Waals surface area contributed by atoms with Gasteiger partial charge in [-0.15, -0.1) is 0 Å². The first-order valence-electron chi connectivity index (χ1n) is 10.9. The number of anilines is 3. The number of aliphatic hydroxyl groups is 1. The minimum atomic E-state index is -0.748. The maximum atomic E-state index is 12.1. The molecule has 0 bridgehead atoms. The number of aryl methyl sites for hydroxylation is 1. The van der Waals surface area contributed by atoms with E-state index in [1.54, 1.807) is 23.2 Å². The van der Waals surface area contributed by atoms with Crippen LogP contribution in [0.3, 0.4) is 0 Å². The lowest BCUT2D eigenvalue weighted by atomic mass is 10.1. The van der Waals surface area contributed by atoms with Crippen molar-refractivity contribution in [3.05, 3.63) is 42.9 Å². The standard InChI is InChI=1S/C22H28N8O2/c1-3-18(31)28-8-9-29(22(15-28)6-7-22)10-11-30-19(32)5-4-16-12-23-21(26-20(16)30)25-17-13-24-27(2)14-17/h3-5,12-14,19,32H,1,6-11,15H2,2H3,(H,23,25,26). The number of nitrogens with one attached hydrogen (secondary N) is 1. The van der Waals surface area contributed by atoms with Crippen molar-refractivity contribution in [1.82, 2.24) is 29.5 Å². The zero-order chi connectivity index (χ0) is 22.3. The number of carbonyl (C=O) groups is 1. The normalized spacial score (nSPS) is 21.5. The molecule has 1 spiro atoms. The fraction of sp³-hybridized carbons (Fsp3) is 0.455. The lowest BCUT2D eigenvalue weighted by molar-refractivity contribution is -0.129. The number of piperazine rings is 1. The molecule has 3 aliphatic rings. The van der Waals surface area contributed by atoms with Crippen molar-refractivity contribution in [2.75, 3.05) is 42.9 Å². The molecule has 2 fully saturated rings. The van der Waals surface area contributed by atoms with E-state index in [2.05, 4.69) is 31.9 Å². The zero-order valence-electron chi connectivity index (χ0n) is 18.2. The highest BCUT2D eigenvalue weighted by atomic mass is 16.3. The highest BCUT2D eigenvalue weighted by Gasteiger charge is 2.51. The number of fused-ring (bicyclic) bond motifs is 1. The first-order valence-corrected chi connectivity index (χ1v) is 10.9. The SMILES string of the molecule is C=CC(=O)N1CCN(CCN2c3nc(Nc4cnn(C)c4)ncc3C=CC2O)C2(CC2)C1. The average molecular weight is 437 g/mol. The van der Waals surface area contributed by atoms with Gasteiger partial charge < -0.3 is 20.2 Å². The Kier molecular flexibility index (Phi) is 5.18. The summed E-state index contributed by atoms with van der Waals surface area (Å²) in [5.74, 6) is 1.16. The highest BCUT2D eigenvalue weighted by Crippen LogP contribution is 2.44. The van der Waals surface area contributed by atoms with Crippen molar-refractivity contribution in [3.8, 4) is 0 Å². The number of amides is 1. The number of aromatic nitrogens is 4. The van der Waals surface area contributed by atoms with Gasteiger partial charge in [-0.1, -0.05) is 6.58 Å². The van der Waals surface area contributed by atoms with Gasteiger partial charge in [0.25, 0.3) is 0 Å². The van der Waals surface area contributed by atoms with Crippen molar-refractivity contribution < 1.29 is 9.90 Å². The van der Waals surface area contributed by atoms with Crippen LogP contribution < -0.4 is 10.2 Å². The van der Waals surface area contributed by atoms with Gasteiger partial charge in [-0.3, -0.25) is 14.4 Å². The van der Waals surface area contributed by atoms with Gasteiger partial charge in [-0.25, -0.2) is 4.98 Å². The van der Waals surface area contributed by atoms with Crippen molar-refractivity contribution in [2.45, 2.75) is 24.6 Å². The molecule has 5 rings (SSSR count). The molecule has 10 heteroatoms. The van der Waals surface area contributed by atoms with Crippen LogP contribution in [0.4, 0.5) is 17.5 Å². The van der Waals surface area contributed by atoms with Crippen molar-refractivity contribution in [3.63, 3.8) is 0 Å². The number of nitrogens with zero attached hydrogens (tertiary/aromatic N) is 7. The lowest BCUT2D eigenvalue weighted by Gasteiger charge is -2.43. The number of aliphatic hydroxyl groups excluding tert-OH is 1. The molecule has 1 atom stereocenters. The fourth-order valence-electron chi connectivity index (χ4n) is 4.59. The predicted octanol–water partition coefficient (Wildman–Crippen LogP) is 0.968. The summed E-state index contributed by atoms with van der Waals surface area (Å²) in [5, 5.41) is 18.0. The third kappa shape index (κ3) is 3.87. The van der Waals surface area contributed by atoms with Crippen LogP contribution in [0.5, 0.6) is 0 Å². The largest absolute Gasteiger partial charge is 0.370 e. The van der Waals surface area contributed by atoms with Crippen LogP contribution in [0, 0.1) is 0 Å². The summed E-state index contributed by atoms with van der Waals surface area (Å²) in [6, 6.07) is 0. The Bertz CT molecular complexity index is 1060. The number of hydrogen-bond donors (Lipinski definition) is 2. The van der Waals surface area contributed by atoms with Crippen LogP contribution >= 0.6 is 0 Å². The molecule has 1 saturated carbocycles. The van der Waals surface area contributed by atoms with Gasteiger partial charge in [0.05, 0.1) is 11.9 Å². The monoisotopic (exact) mass is 436 g/mol. The third-order valence-electron chi connectivity index (χ3n) is 6.52. The molecule has 1 unspecified atom stereocenters. The second-order valence-electron chi connectivity index (χ2n) is 8.64. The Labute approximate surface area is 186 Å². The molecular formula is C22H28N8O2. The topological polar surface area (TPSA) is 103 Å². The van der Waals surface area contributed by atoms with E-state index in [-0.39, 0.29) is 11.4 Å². The molecule has 2 aromatic rings. The molecular weight excluding hydrogens is 408 g/mol. The fourth-order valence-corrected chi connectivity index (χ4v) is 4.59. The van der Waals surface area contributed by atoms with Gasteiger partial charge in [-0.05, 0) is 31.1 Å². The average Bonchev–Trinajstić information content (AvgIpc) is 3.44. The second-order valence-corrected chi connectivity index (χ2v) is 8.64. The summed E-state index contributed by atoms with van der Waals surface area (Å²) in [6.45, 7) is 7.30.